The van der Waals surface area contributed by atoms with Crippen LogP contribution < -0.4 is 0 Å². The van der Waals surface area contributed by atoms with Crippen molar-refractivity contribution in [2.24, 2.45) is 17.8 Å². The van der Waals surface area contributed by atoms with Crippen LogP contribution in [0.5, 0.6) is 0 Å². The topological polar surface area (TPSA) is 52.6 Å². The van der Waals surface area contributed by atoms with Crippen molar-refractivity contribution in [3.05, 3.63) is 34.9 Å². The van der Waals surface area contributed by atoms with Gasteiger partial charge in [0.25, 0.3) is 0 Å². The molecule has 1 fully saturated rings. The molecule has 1 aliphatic heterocycles. The molecule has 0 bridgehead atoms. The van der Waals surface area contributed by atoms with Crippen LogP contribution in [-0.4, -0.2) is 24.6 Å². The molecule has 26 heavy (non-hydrogen) atoms. The highest BCUT2D eigenvalue weighted by atomic mass is 16.5. The van der Waals surface area contributed by atoms with Crippen molar-refractivity contribution in [3.63, 3.8) is 0 Å². The van der Waals surface area contributed by atoms with Crippen LogP contribution in [0.1, 0.15) is 60.3 Å². The maximum Gasteiger partial charge on any atom is 0.334 e. The Morgan fingerprint density at radius 1 is 1.35 bits per heavy atom. The van der Waals surface area contributed by atoms with E-state index in [1.54, 1.807) is 0 Å². The Balaban J connectivity index is 2.35. The van der Waals surface area contributed by atoms with Crippen LogP contribution >= 0.6 is 0 Å². The first-order valence-corrected chi connectivity index (χ1v) is 9.63. The lowest BCUT2D eigenvalue weighted by molar-refractivity contribution is -0.151. The lowest BCUT2D eigenvalue weighted by atomic mass is 9.73. The summed E-state index contributed by atoms with van der Waals surface area (Å²) in [6.07, 6.45) is 9.53. The highest BCUT2D eigenvalue weighted by Crippen LogP contribution is 2.40. The number of ether oxygens (including phenoxy) is 2. The van der Waals surface area contributed by atoms with E-state index in [1.165, 1.54) is 18.1 Å². The fourth-order valence-corrected chi connectivity index (χ4v) is 4.15. The largest absolute Gasteiger partial charge is 0.462 e. The van der Waals surface area contributed by atoms with Gasteiger partial charge in [-0.3, -0.25) is 4.79 Å². The van der Waals surface area contributed by atoms with E-state index >= 15 is 0 Å². The second-order valence-corrected chi connectivity index (χ2v) is 7.92. The normalized spacial score (nSPS) is 27.0. The molecule has 1 heterocycles. The molecule has 0 radical (unpaired) electrons. The monoisotopic (exact) mass is 360 g/mol. The number of rotatable bonds is 5. The summed E-state index contributed by atoms with van der Waals surface area (Å²) in [6, 6.07) is 0. The van der Waals surface area contributed by atoms with Crippen LogP contribution in [0.25, 0.3) is 0 Å². The number of fused-ring (bicyclic) bond motifs is 1. The molecule has 0 aromatic carbocycles. The number of allylic oxidation sites excluding steroid dienone is 4. The van der Waals surface area contributed by atoms with Crippen molar-refractivity contribution in [1.29, 1.82) is 0 Å². The molecule has 144 valence electrons. The Morgan fingerprint density at radius 3 is 2.73 bits per heavy atom. The first-order valence-electron chi connectivity index (χ1n) is 9.63. The van der Waals surface area contributed by atoms with Crippen molar-refractivity contribution in [2.45, 2.75) is 66.4 Å². The van der Waals surface area contributed by atoms with Crippen LogP contribution in [0.2, 0.25) is 0 Å². The van der Waals surface area contributed by atoms with Gasteiger partial charge >= 0.3 is 11.9 Å². The molecule has 0 N–H and O–H groups in total. The molecule has 2 aliphatic rings. The van der Waals surface area contributed by atoms with Gasteiger partial charge in [-0.05, 0) is 46.0 Å². The van der Waals surface area contributed by atoms with Crippen molar-refractivity contribution >= 4 is 11.9 Å². The molecule has 4 atom stereocenters. The SMILES string of the molecule is CC(=O)OC1CC(C)=CCC=C2C(=O)OCC2C1C(C)CCC=C(C)C. The van der Waals surface area contributed by atoms with Gasteiger partial charge in [0.05, 0.1) is 6.61 Å². The van der Waals surface area contributed by atoms with Crippen molar-refractivity contribution < 1.29 is 19.1 Å². The molecule has 0 amide bonds. The molecule has 0 aromatic heterocycles. The minimum atomic E-state index is -0.265. The van der Waals surface area contributed by atoms with E-state index in [0.29, 0.717) is 18.9 Å². The number of hydrogen-bond acceptors (Lipinski definition) is 4. The van der Waals surface area contributed by atoms with Crippen LogP contribution in [0.15, 0.2) is 34.9 Å². The minimum Gasteiger partial charge on any atom is -0.462 e. The quantitative estimate of drug-likeness (QED) is 0.524. The molecule has 0 aromatic rings. The number of hydrogen-bond donors (Lipinski definition) is 0. The van der Waals surface area contributed by atoms with Crippen LogP contribution in [-0.2, 0) is 19.1 Å². The van der Waals surface area contributed by atoms with Crippen molar-refractivity contribution in [2.75, 3.05) is 6.61 Å². The highest BCUT2D eigenvalue weighted by Gasteiger charge is 2.43. The average molecular weight is 360 g/mol. The van der Waals surface area contributed by atoms with Crippen LogP contribution in [0.4, 0.5) is 0 Å². The summed E-state index contributed by atoms with van der Waals surface area (Å²) in [5, 5.41) is 0. The van der Waals surface area contributed by atoms with Gasteiger partial charge in [0.2, 0.25) is 0 Å². The van der Waals surface area contributed by atoms with Gasteiger partial charge in [-0.1, -0.05) is 36.3 Å². The molecule has 0 saturated carbocycles. The van der Waals surface area contributed by atoms with Crippen LogP contribution in [0, 0.1) is 17.8 Å². The summed E-state index contributed by atoms with van der Waals surface area (Å²) in [7, 11) is 0. The first kappa shape index (κ1) is 20.5. The Kier molecular flexibility index (Phi) is 7.24. The Bertz CT molecular complexity index is 622. The second-order valence-electron chi connectivity index (χ2n) is 7.92. The zero-order valence-electron chi connectivity index (χ0n) is 16.7. The number of carbonyl (C=O) groups excluding carboxylic acids is 2. The predicted octanol–water partition coefficient (Wildman–Crippen LogP) is 4.76. The third-order valence-electron chi connectivity index (χ3n) is 5.40. The van der Waals surface area contributed by atoms with E-state index in [1.807, 2.05) is 6.08 Å². The highest BCUT2D eigenvalue weighted by molar-refractivity contribution is 5.91. The second kappa shape index (κ2) is 9.20. The van der Waals surface area contributed by atoms with Gasteiger partial charge in [0.1, 0.15) is 6.10 Å². The maximum absolute atomic E-state index is 12.2. The Labute approximate surface area is 157 Å². The summed E-state index contributed by atoms with van der Waals surface area (Å²) < 4.78 is 11.1. The van der Waals surface area contributed by atoms with E-state index in [2.05, 4.69) is 39.8 Å². The van der Waals surface area contributed by atoms with Gasteiger partial charge in [-0.2, -0.15) is 0 Å². The van der Waals surface area contributed by atoms with Gasteiger partial charge in [-0.25, -0.2) is 4.79 Å². The van der Waals surface area contributed by atoms with E-state index in [-0.39, 0.29) is 29.9 Å². The lowest BCUT2D eigenvalue weighted by Crippen LogP contribution is -2.37. The molecular weight excluding hydrogens is 328 g/mol. The first-order chi connectivity index (χ1) is 12.3. The Morgan fingerprint density at radius 2 is 2.08 bits per heavy atom. The molecule has 0 spiro atoms. The fraction of sp³-hybridized carbons (Fsp3) is 0.636. The molecule has 4 heteroatoms. The van der Waals surface area contributed by atoms with Gasteiger partial charge in [-0.15, -0.1) is 0 Å². The summed E-state index contributed by atoms with van der Waals surface area (Å²) in [6.45, 7) is 10.3. The van der Waals surface area contributed by atoms with E-state index in [4.69, 9.17) is 9.47 Å². The molecule has 4 nitrogen and oxygen atoms in total. The summed E-state index contributed by atoms with van der Waals surface area (Å²) in [4.78, 5) is 24.0. The zero-order valence-corrected chi connectivity index (χ0v) is 16.7. The number of esters is 2. The smallest absolute Gasteiger partial charge is 0.334 e. The summed E-state index contributed by atoms with van der Waals surface area (Å²) in [5.41, 5.74) is 3.26. The third kappa shape index (κ3) is 5.33. The maximum atomic E-state index is 12.2. The molecular formula is C22H32O4. The third-order valence-corrected chi connectivity index (χ3v) is 5.40. The molecule has 2 rings (SSSR count). The minimum absolute atomic E-state index is 0.00662. The molecule has 4 unspecified atom stereocenters. The lowest BCUT2D eigenvalue weighted by Gasteiger charge is -2.35. The van der Waals surface area contributed by atoms with Gasteiger partial charge in [0.15, 0.2) is 0 Å². The standard InChI is InChI=1S/C22H32O4/c1-14(2)8-6-10-16(4)21-19-13-25-22(24)18(19)11-7-9-15(3)12-20(21)26-17(5)23/h8-9,11,16,19-21H,6-7,10,12-13H2,1-5H3. The fourth-order valence-electron chi connectivity index (χ4n) is 4.15. The Hall–Kier alpha value is -1.84. The summed E-state index contributed by atoms with van der Waals surface area (Å²) in [5.74, 6) is -0.106. The van der Waals surface area contributed by atoms with Crippen molar-refractivity contribution in [3.8, 4) is 0 Å². The summed E-state index contributed by atoms with van der Waals surface area (Å²) >= 11 is 0. The van der Waals surface area contributed by atoms with E-state index < -0.39 is 0 Å². The number of carbonyl (C=O) groups is 2. The average Bonchev–Trinajstić information content (AvgIpc) is 2.89. The van der Waals surface area contributed by atoms with Crippen molar-refractivity contribution in [1.82, 2.24) is 0 Å². The molecule has 1 aliphatic carbocycles. The van der Waals surface area contributed by atoms with E-state index in [9.17, 15) is 9.59 Å². The predicted molar refractivity (Wildman–Crippen MR) is 102 cm³/mol. The number of cyclic esters (lactones) is 1. The van der Waals surface area contributed by atoms with Crippen LogP contribution in [0.3, 0.4) is 0 Å². The molecule has 1 saturated heterocycles. The van der Waals surface area contributed by atoms with Gasteiger partial charge < -0.3 is 9.47 Å². The van der Waals surface area contributed by atoms with Gasteiger partial charge in [0, 0.05) is 30.8 Å². The zero-order chi connectivity index (χ0) is 19.3. The van der Waals surface area contributed by atoms with E-state index in [0.717, 1.165) is 24.8 Å².